The molecule has 0 bridgehead atoms. The topological polar surface area (TPSA) is 80.6 Å². The third kappa shape index (κ3) is 4.79. The summed E-state index contributed by atoms with van der Waals surface area (Å²) in [7, 11) is -3.87. The summed E-state index contributed by atoms with van der Waals surface area (Å²) < 4.78 is 46.5. The molecule has 1 aromatic heterocycles. The summed E-state index contributed by atoms with van der Waals surface area (Å²) in [5, 5.41) is 3.42. The third-order valence-corrected chi connectivity index (χ3v) is 7.13. The lowest BCUT2D eigenvalue weighted by Crippen LogP contribution is -2.41. The highest BCUT2D eigenvalue weighted by Gasteiger charge is 2.24. The van der Waals surface area contributed by atoms with Crippen LogP contribution in [0, 0.1) is 5.82 Å². The highest BCUT2D eigenvalue weighted by atomic mass is 32.2. The molecule has 0 spiro atoms. The van der Waals surface area contributed by atoms with E-state index in [0.717, 1.165) is 31.8 Å². The van der Waals surface area contributed by atoms with Crippen molar-refractivity contribution >= 4 is 26.6 Å². The number of fused-ring (bicyclic) bond motifs is 1. The number of morpholine rings is 1. The molecule has 1 aliphatic rings. The minimum Gasteiger partial charge on any atom is -0.379 e. The number of benzene rings is 2. The number of carbonyl (C=O) groups is 1. The van der Waals surface area contributed by atoms with Crippen LogP contribution < -0.4 is 5.32 Å². The van der Waals surface area contributed by atoms with E-state index in [2.05, 4.69) is 10.2 Å². The van der Waals surface area contributed by atoms with Crippen LogP contribution in [-0.2, 0) is 25.9 Å². The van der Waals surface area contributed by atoms with Crippen LogP contribution in [-0.4, -0.2) is 63.2 Å². The summed E-state index contributed by atoms with van der Waals surface area (Å²) in [5.41, 5.74) is 0.645. The number of aromatic nitrogens is 1. The molecule has 0 unspecified atom stereocenters. The summed E-state index contributed by atoms with van der Waals surface area (Å²) in [4.78, 5) is 14.8. The van der Waals surface area contributed by atoms with Gasteiger partial charge in [-0.3, -0.25) is 9.69 Å². The Labute approximate surface area is 180 Å². The number of nitrogens with one attached hydrogen (secondary N) is 1. The van der Waals surface area contributed by atoms with Gasteiger partial charge in [0.05, 0.1) is 23.0 Å². The third-order valence-electron chi connectivity index (χ3n) is 5.33. The molecule has 164 valence electrons. The summed E-state index contributed by atoms with van der Waals surface area (Å²) >= 11 is 0. The van der Waals surface area contributed by atoms with Crippen LogP contribution in [0.5, 0.6) is 0 Å². The first-order valence-corrected chi connectivity index (χ1v) is 11.6. The van der Waals surface area contributed by atoms with E-state index in [9.17, 15) is 17.6 Å². The van der Waals surface area contributed by atoms with Gasteiger partial charge in [0.1, 0.15) is 12.4 Å². The molecule has 4 rings (SSSR count). The highest BCUT2D eigenvalue weighted by Crippen LogP contribution is 2.30. The zero-order valence-electron chi connectivity index (χ0n) is 17.0. The lowest BCUT2D eigenvalue weighted by molar-refractivity contribution is -0.121. The van der Waals surface area contributed by atoms with Gasteiger partial charge in [-0.25, -0.2) is 12.8 Å². The molecule has 2 heterocycles. The molecule has 1 amide bonds. The van der Waals surface area contributed by atoms with Gasteiger partial charge in [-0.1, -0.05) is 18.2 Å². The summed E-state index contributed by atoms with van der Waals surface area (Å²) in [6, 6.07) is 11.8. The largest absolute Gasteiger partial charge is 0.379 e. The number of carbonyl (C=O) groups excluding carboxylic acids is 1. The number of rotatable bonds is 7. The molecule has 1 fully saturated rings. The van der Waals surface area contributed by atoms with Crippen molar-refractivity contribution in [1.82, 2.24) is 14.8 Å². The molecule has 9 heteroatoms. The molecule has 2 aromatic carbocycles. The van der Waals surface area contributed by atoms with Crippen LogP contribution in [0.15, 0.2) is 64.5 Å². The predicted octanol–water partition coefficient (Wildman–Crippen LogP) is 2.06. The van der Waals surface area contributed by atoms with Crippen LogP contribution in [0.2, 0.25) is 0 Å². The molecule has 7 nitrogen and oxygen atoms in total. The molecule has 0 aliphatic carbocycles. The Hall–Kier alpha value is -2.75. The van der Waals surface area contributed by atoms with Crippen molar-refractivity contribution < 1.29 is 22.3 Å². The molecule has 0 saturated carbocycles. The number of hydrogen-bond acceptors (Lipinski definition) is 5. The first kappa shape index (κ1) is 21.5. The van der Waals surface area contributed by atoms with Crippen LogP contribution >= 0.6 is 0 Å². The molecule has 0 radical (unpaired) electrons. The average molecular weight is 446 g/mol. The molecular formula is C22H24FN3O4S. The molecule has 0 atom stereocenters. The van der Waals surface area contributed by atoms with Gasteiger partial charge < -0.3 is 14.6 Å². The fraction of sp³-hybridized carbons (Fsp3) is 0.318. The Balaban J connectivity index is 1.52. The second-order valence-electron chi connectivity index (χ2n) is 7.40. The Morgan fingerprint density at radius 2 is 1.77 bits per heavy atom. The van der Waals surface area contributed by atoms with Crippen molar-refractivity contribution in [3.8, 4) is 0 Å². The summed E-state index contributed by atoms with van der Waals surface area (Å²) in [6.45, 7) is 4.36. The Morgan fingerprint density at radius 1 is 1.06 bits per heavy atom. The van der Waals surface area contributed by atoms with E-state index < -0.39 is 15.7 Å². The van der Waals surface area contributed by atoms with E-state index in [4.69, 9.17) is 4.74 Å². The zero-order chi connectivity index (χ0) is 21.8. The maximum Gasteiger partial charge on any atom is 0.239 e. The molecule has 1 saturated heterocycles. The van der Waals surface area contributed by atoms with Gasteiger partial charge in [-0.2, -0.15) is 0 Å². The van der Waals surface area contributed by atoms with E-state index in [0.29, 0.717) is 30.7 Å². The molecule has 1 N–H and O–H groups in total. The van der Waals surface area contributed by atoms with E-state index in [1.54, 1.807) is 28.8 Å². The fourth-order valence-electron chi connectivity index (χ4n) is 3.69. The number of nitrogens with zero attached hydrogens (tertiary/aromatic N) is 2. The van der Waals surface area contributed by atoms with Crippen molar-refractivity contribution in [2.75, 3.05) is 39.4 Å². The normalized spacial score (nSPS) is 15.3. The van der Waals surface area contributed by atoms with Gasteiger partial charge in [0.2, 0.25) is 15.7 Å². The van der Waals surface area contributed by atoms with Crippen LogP contribution in [0.1, 0.15) is 0 Å². The minimum atomic E-state index is -3.87. The minimum absolute atomic E-state index is 0.00254. The Morgan fingerprint density at radius 3 is 2.52 bits per heavy atom. The van der Waals surface area contributed by atoms with Crippen molar-refractivity contribution in [1.29, 1.82) is 0 Å². The van der Waals surface area contributed by atoms with Crippen molar-refractivity contribution in [3.63, 3.8) is 0 Å². The predicted molar refractivity (Wildman–Crippen MR) is 114 cm³/mol. The van der Waals surface area contributed by atoms with Crippen LogP contribution in [0.3, 0.4) is 0 Å². The van der Waals surface area contributed by atoms with Crippen molar-refractivity contribution in [2.24, 2.45) is 0 Å². The number of hydrogen-bond donors (Lipinski definition) is 1. The first-order chi connectivity index (χ1) is 14.9. The SMILES string of the molecule is O=C(Cn1cc(S(=O)(=O)c2ccc(F)cc2)c2ccccc21)NCCN1CCOCC1. The maximum atomic E-state index is 13.2. The van der Waals surface area contributed by atoms with E-state index in [1.165, 1.54) is 18.3 Å². The molecule has 3 aromatic rings. The number of amides is 1. The Kier molecular flexibility index (Phi) is 6.35. The monoisotopic (exact) mass is 445 g/mol. The standard InChI is InChI=1S/C22H24FN3O4S/c23-17-5-7-18(8-6-17)31(28,29)21-15-26(20-4-2-1-3-19(20)21)16-22(27)24-9-10-25-11-13-30-14-12-25/h1-8,15H,9-14,16H2,(H,24,27). The number of sulfone groups is 1. The van der Waals surface area contributed by atoms with Crippen molar-refractivity contribution in [2.45, 2.75) is 16.3 Å². The lowest BCUT2D eigenvalue weighted by atomic mass is 10.2. The molecule has 1 aliphatic heterocycles. The van der Waals surface area contributed by atoms with Crippen molar-refractivity contribution in [3.05, 3.63) is 60.5 Å². The quantitative estimate of drug-likeness (QED) is 0.563. The first-order valence-electron chi connectivity index (χ1n) is 10.1. The van der Waals surface area contributed by atoms with Crippen LogP contribution in [0.4, 0.5) is 4.39 Å². The lowest BCUT2D eigenvalue weighted by Gasteiger charge is -2.26. The zero-order valence-corrected chi connectivity index (χ0v) is 17.8. The fourth-order valence-corrected chi connectivity index (χ4v) is 5.16. The number of ether oxygens (including phenoxy) is 1. The van der Waals surface area contributed by atoms with E-state index in [-0.39, 0.29) is 22.2 Å². The summed E-state index contributed by atoms with van der Waals surface area (Å²) in [6.07, 6.45) is 1.48. The van der Waals surface area contributed by atoms with Gasteiger partial charge in [0.15, 0.2) is 0 Å². The smallest absolute Gasteiger partial charge is 0.239 e. The van der Waals surface area contributed by atoms with E-state index >= 15 is 0 Å². The molecule has 31 heavy (non-hydrogen) atoms. The molecular weight excluding hydrogens is 421 g/mol. The van der Waals surface area contributed by atoms with Gasteiger partial charge in [-0.05, 0) is 30.3 Å². The van der Waals surface area contributed by atoms with Gasteiger partial charge >= 0.3 is 0 Å². The van der Waals surface area contributed by atoms with E-state index in [1.807, 2.05) is 0 Å². The average Bonchev–Trinajstić information content (AvgIpc) is 3.14. The van der Waals surface area contributed by atoms with Gasteiger partial charge in [-0.15, -0.1) is 0 Å². The number of para-hydroxylation sites is 1. The van der Waals surface area contributed by atoms with Crippen LogP contribution in [0.25, 0.3) is 10.9 Å². The Bertz CT molecular complexity index is 1170. The highest BCUT2D eigenvalue weighted by molar-refractivity contribution is 7.91. The summed E-state index contributed by atoms with van der Waals surface area (Å²) in [5.74, 6) is -0.699. The van der Waals surface area contributed by atoms with Gasteiger partial charge in [0.25, 0.3) is 0 Å². The maximum absolute atomic E-state index is 13.2. The second-order valence-corrected chi connectivity index (χ2v) is 9.32. The van der Waals surface area contributed by atoms with Gasteiger partial charge in [0, 0.05) is 43.3 Å². The second kappa shape index (κ2) is 9.17. The number of halogens is 1.